The second-order valence-corrected chi connectivity index (χ2v) is 4.54. The van der Waals surface area contributed by atoms with Gasteiger partial charge in [-0.3, -0.25) is 4.79 Å². The first-order chi connectivity index (χ1) is 9.62. The van der Waals surface area contributed by atoms with Crippen LogP contribution >= 0.6 is 0 Å². The monoisotopic (exact) mass is 275 g/mol. The largest absolute Gasteiger partial charge is 0.495 e. The average Bonchev–Trinajstić information content (AvgIpc) is 2.49. The van der Waals surface area contributed by atoms with Crippen LogP contribution in [0.1, 0.15) is 31.4 Å². The molecule has 0 aromatic heterocycles. The normalized spacial score (nSPS) is 11.5. The van der Waals surface area contributed by atoms with Gasteiger partial charge in [-0.05, 0) is 31.0 Å². The number of amides is 1. The number of carbonyl (C=O) groups is 1. The quantitative estimate of drug-likeness (QED) is 0.792. The summed E-state index contributed by atoms with van der Waals surface area (Å²) in [5, 5.41) is 15.0. The van der Waals surface area contributed by atoms with Crippen LogP contribution in [0.5, 0.6) is 5.75 Å². The number of benzene rings is 1. The highest BCUT2D eigenvalue weighted by Crippen LogP contribution is 2.18. The van der Waals surface area contributed by atoms with E-state index in [1.165, 1.54) is 7.11 Å². The van der Waals surface area contributed by atoms with Crippen LogP contribution < -0.4 is 15.4 Å². The lowest BCUT2D eigenvalue weighted by Gasteiger charge is -2.14. The van der Waals surface area contributed by atoms with E-state index in [9.17, 15) is 4.79 Å². The van der Waals surface area contributed by atoms with E-state index in [1.54, 1.807) is 12.1 Å². The summed E-state index contributed by atoms with van der Waals surface area (Å²) in [6.07, 6.45) is 0.919. The third-order valence-corrected chi connectivity index (χ3v) is 2.94. The molecule has 5 heteroatoms. The Morgan fingerprint density at radius 1 is 1.50 bits per heavy atom. The summed E-state index contributed by atoms with van der Waals surface area (Å²) in [7, 11) is 1.54. The molecule has 0 aliphatic heterocycles. The summed E-state index contributed by atoms with van der Waals surface area (Å²) in [4.78, 5) is 11.7. The zero-order chi connectivity index (χ0) is 15.0. The van der Waals surface area contributed by atoms with E-state index >= 15 is 0 Å². The summed E-state index contributed by atoms with van der Waals surface area (Å²) in [6.45, 7) is 5.05. The van der Waals surface area contributed by atoms with E-state index in [0.717, 1.165) is 12.0 Å². The smallest absolute Gasteiger partial charge is 0.236 e. The molecule has 0 heterocycles. The third kappa shape index (κ3) is 4.56. The van der Waals surface area contributed by atoms with Crippen LogP contribution in [0.3, 0.4) is 0 Å². The van der Waals surface area contributed by atoms with E-state index in [4.69, 9.17) is 10.00 Å². The predicted octanol–water partition coefficient (Wildman–Crippen LogP) is 1.57. The number of rotatable bonds is 7. The molecule has 0 aliphatic carbocycles. The Morgan fingerprint density at radius 2 is 2.25 bits per heavy atom. The van der Waals surface area contributed by atoms with Gasteiger partial charge in [0.25, 0.3) is 0 Å². The number of ether oxygens (including phenoxy) is 1. The summed E-state index contributed by atoms with van der Waals surface area (Å²) in [5.41, 5.74) is 1.44. The molecular formula is C15H21N3O2. The van der Waals surface area contributed by atoms with Crippen LogP contribution in [0.15, 0.2) is 18.2 Å². The number of hydrogen-bond donors (Lipinski definition) is 2. The molecular weight excluding hydrogens is 254 g/mol. The molecule has 2 N–H and O–H groups in total. The van der Waals surface area contributed by atoms with Crippen molar-refractivity contribution >= 4 is 5.91 Å². The van der Waals surface area contributed by atoms with Crippen LogP contribution in [-0.4, -0.2) is 25.6 Å². The third-order valence-electron chi connectivity index (χ3n) is 2.94. The zero-order valence-electron chi connectivity index (χ0n) is 12.2. The maximum Gasteiger partial charge on any atom is 0.236 e. The molecule has 0 fully saturated rings. The molecule has 1 aromatic carbocycles. The van der Waals surface area contributed by atoms with Crippen molar-refractivity contribution in [2.24, 2.45) is 0 Å². The second-order valence-electron chi connectivity index (χ2n) is 4.54. The van der Waals surface area contributed by atoms with Crippen LogP contribution in [-0.2, 0) is 11.3 Å². The number of nitriles is 1. The highest BCUT2D eigenvalue weighted by atomic mass is 16.5. The summed E-state index contributed by atoms with van der Waals surface area (Å²) >= 11 is 0. The Labute approximate surface area is 119 Å². The summed E-state index contributed by atoms with van der Waals surface area (Å²) in [5.74, 6) is 0.547. The van der Waals surface area contributed by atoms with Crippen LogP contribution in [0.2, 0.25) is 0 Å². The number of hydrogen-bond acceptors (Lipinski definition) is 4. The van der Waals surface area contributed by atoms with Gasteiger partial charge in [-0.25, -0.2) is 0 Å². The molecule has 0 saturated heterocycles. The van der Waals surface area contributed by atoms with Gasteiger partial charge in [-0.2, -0.15) is 5.26 Å². The standard InChI is InChI=1S/C15H21N3O2/c1-4-7-17-15(19)11(2)18-10-12-5-6-14(20-3)13(8-12)9-16/h5-6,8,11,18H,4,7,10H2,1-3H3,(H,17,19). The van der Waals surface area contributed by atoms with E-state index in [1.807, 2.05) is 19.9 Å². The molecule has 108 valence electrons. The van der Waals surface area contributed by atoms with Crippen LogP contribution in [0.4, 0.5) is 0 Å². The van der Waals surface area contributed by atoms with E-state index in [2.05, 4.69) is 16.7 Å². The molecule has 1 amide bonds. The number of nitrogens with zero attached hydrogens (tertiary/aromatic N) is 1. The SMILES string of the molecule is CCCNC(=O)C(C)NCc1ccc(OC)c(C#N)c1. The predicted molar refractivity (Wildman–Crippen MR) is 77.3 cm³/mol. The van der Waals surface area contributed by atoms with Crippen molar-refractivity contribution < 1.29 is 9.53 Å². The van der Waals surface area contributed by atoms with Gasteiger partial charge in [0.2, 0.25) is 5.91 Å². The number of nitrogens with one attached hydrogen (secondary N) is 2. The van der Waals surface area contributed by atoms with Crippen molar-refractivity contribution in [3.05, 3.63) is 29.3 Å². The molecule has 0 saturated carbocycles. The van der Waals surface area contributed by atoms with Gasteiger partial charge in [0.15, 0.2) is 0 Å². The fourth-order valence-corrected chi connectivity index (χ4v) is 1.72. The lowest BCUT2D eigenvalue weighted by atomic mass is 10.1. The molecule has 0 bridgehead atoms. The Hall–Kier alpha value is -2.06. The minimum absolute atomic E-state index is 0.0131. The van der Waals surface area contributed by atoms with Crippen molar-refractivity contribution in [2.45, 2.75) is 32.9 Å². The molecule has 1 rings (SSSR count). The van der Waals surface area contributed by atoms with Gasteiger partial charge < -0.3 is 15.4 Å². The van der Waals surface area contributed by atoms with Crippen molar-refractivity contribution in [2.75, 3.05) is 13.7 Å². The fourth-order valence-electron chi connectivity index (χ4n) is 1.72. The Balaban J connectivity index is 2.57. The lowest BCUT2D eigenvalue weighted by Crippen LogP contribution is -2.42. The van der Waals surface area contributed by atoms with E-state index in [0.29, 0.717) is 24.4 Å². The first-order valence-electron chi connectivity index (χ1n) is 6.70. The summed E-state index contributed by atoms with van der Waals surface area (Å²) in [6, 6.07) is 7.23. The number of methoxy groups -OCH3 is 1. The van der Waals surface area contributed by atoms with Gasteiger partial charge >= 0.3 is 0 Å². The van der Waals surface area contributed by atoms with Crippen molar-refractivity contribution in [1.29, 1.82) is 5.26 Å². The number of carbonyl (C=O) groups excluding carboxylic acids is 1. The van der Waals surface area contributed by atoms with Gasteiger partial charge in [-0.15, -0.1) is 0 Å². The van der Waals surface area contributed by atoms with Crippen molar-refractivity contribution in [3.63, 3.8) is 0 Å². The Morgan fingerprint density at radius 3 is 2.85 bits per heavy atom. The average molecular weight is 275 g/mol. The van der Waals surface area contributed by atoms with Gasteiger partial charge in [0.05, 0.1) is 18.7 Å². The molecule has 0 spiro atoms. The second kappa shape index (κ2) is 8.18. The van der Waals surface area contributed by atoms with Gasteiger partial charge in [0.1, 0.15) is 11.8 Å². The van der Waals surface area contributed by atoms with E-state index < -0.39 is 0 Å². The van der Waals surface area contributed by atoms with Gasteiger partial charge in [-0.1, -0.05) is 13.0 Å². The Kier molecular flexibility index (Phi) is 6.54. The zero-order valence-corrected chi connectivity index (χ0v) is 12.2. The minimum atomic E-state index is -0.269. The molecule has 0 radical (unpaired) electrons. The molecule has 1 aromatic rings. The van der Waals surface area contributed by atoms with Gasteiger partial charge in [0, 0.05) is 13.1 Å². The lowest BCUT2D eigenvalue weighted by molar-refractivity contribution is -0.122. The van der Waals surface area contributed by atoms with Crippen LogP contribution in [0.25, 0.3) is 0 Å². The van der Waals surface area contributed by atoms with E-state index in [-0.39, 0.29) is 11.9 Å². The minimum Gasteiger partial charge on any atom is -0.495 e. The summed E-state index contributed by atoms with van der Waals surface area (Å²) < 4.78 is 5.09. The maximum atomic E-state index is 11.7. The topological polar surface area (TPSA) is 74.2 Å². The van der Waals surface area contributed by atoms with Crippen molar-refractivity contribution in [1.82, 2.24) is 10.6 Å². The highest BCUT2D eigenvalue weighted by molar-refractivity contribution is 5.81. The highest BCUT2D eigenvalue weighted by Gasteiger charge is 2.11. The first-order valence-corrected chi connectivity index (χ1v) is 6.70. The molecule has 0 aliphatic rings. The van der Waals surface area contributed by atoms with Crippen molar-refractivity contribution in [3.8, 4) is 11.8 Å². The first kappa shape index (κ1) is 16.0. The molecule has 1 atom stereocenters. The Bertz CT molecular complexity index is 494. The molecule has 1 unspecified atom stereocenters. The molecule has 5 nitrogen and oxygen atoms in total. The van der Waals surface area contributed by atoms with Crippen LogP contribution in [0, 0.1) is 11.3 Å². The molecule has 20 heavy (non-hydrogen) atoms. The fraction of sp³-hybridized carbons (Fsp3) is 0.467. The maximum absolute atomic E-state index is 11.7.